The molecule has 1 aromatic rings. The monoisotopic (exact) mass is 298 g/mol. The molecule has 1 saturated heterocycles. The lowest BCUT2D eigenvalue weighted by Crippen LogP contribution is -2.29. The van der Waals surface area contributed by atoms with Gasteiger partial charge in [-0.25, -0.2) is 13.1 Å². The fourth-order valence-corrected chi connectivity index (χ4v) is 4.92. The molecule has 1 atom stereocenters. The molecule has 0 aromatic heterocycles. The van der Waals surface area contributed by atoms with Gasteiger partial charge in [0.15, 0.2) is 0 Å². The summed E-state index contributed by atoms with van der Waals surface area (Å²) in [6.45, 7) is 1.45. The highest BCUT2D eigenvalue weighted by atomic mass is 32.2. The van der Waals surface area contributed by atoms with Crippen molar-refractivity contribution >= 4 is 27.5 Å². The Morgan fingerprint density at radius 3 is 3.11 bits per heavy atom. The lowest BCUT2D eigenvalue weighted by molar-refractivity contribution is 0.546. The number of rotatable bonds is 4. The second-order valence-electron chi connectivity index (χ2n) is 5.08. The number of hydrogen-bond donors (Lipinski definition) is 2. The van der Waals surface area contributed by atoms with E-state index in [0.717, 1.165) is 36.6 Å². The Kier molecular flexibility index (Phi) is 3.73. The first-order valence-corrected chi connectivity index (χ1v) is 9.23. The van der Waals surface area contributed by atoms with Crippen LogP contribution in [0.5, 0.6) is 0 Å². The van der Waals surface area contributed by atoms with Gasteiger partial charge in [-0.05, 0) is 48.0 Å². The minimum absolute atomic E-state index is 0.367. The van der Waals surface area contributed by atoms with Gasteiger partial charge >= 0.3 is 0 Å². The van der Waals surface area contributed by atoms with Crippen LogP contribution in [0.4, 0.5) is 5.69 Å². The van der Waals surface area contributed by atoms with Crippen LogP contribution in [0, 0.1) is 5.92 Å². The van der Waals surface area contributed by atoms with Crippen LogP contribution in [0.25, 0.3) is 0 Å². The van der Waals surface area contributed by atoms with Crippen molar-refractivity contribution in [3.63, 3.8) is 0 Å². The van der Waals surface area contributed by atoms with Crippen LogP contribution in [-0.2, 0) is 16.4 Å². The topological polar surface area (TPSA) is 58.2 Å². The summed E-state index contributed by atoms with van der Waals surface area (Å²) in [7, 11) is -3.37. The molecular formula is C13H18N2O2S2. The minimum atomic E-state index is -3.37. The highest BCUT2D eigenvalue weighted by Gasteiger charge is 2.21. The van der Waals surface area contributed by atoms with Crippen molar-refractivity contribution < 1.29 is 8.42 Å². The van der Waals surface area contributed by atoms with Gasteiger partial charge in [-0.2, -0.15) is 11.8 Å². The molecule has 19 heavy (non-hydrogen) atoms. The molecule has 0 spiro atoms. The number of sulfonamides is 1. The molecular weight excluding hydrogens is 280 g/mol. The number of benzene rings is 1. The molecule has 1 unspecified atom stereocenters. The Morgan fingerprint density at radius 1 is 1.42 bits per heavy atom. The van der Waals surface area contributed by atoms with E-state index < -0.39 is 10.0 Å². The first-order valence-electron chi connectivity index (χ1n) is 6.59. The second kappa shape index (κ2) is 5.34. The molecule has 2 N–H and O–H groups in total. The fraction of sp³-hybridized carbons (Fsp3) is 0.538. The largest absolute Gasteiger partial charge is 0.384 e. The Bertz CT molecular complexity index is 566. The van der Waals surface area contributed by atoms with Crippen LogP contribution in [0.2, 0.25) is 0 Å². The summed E-state index contributed by atoms with van der Waals surface area (Å²) in [4.78, 5) is 0.367. The van der Waals surface area contributed by atoms with E-state index >= 15 is 0 Å². The lowest BCUT2D eigenvalue weighted by Gasteiger charge is -2.11. The van der Waals surface area contributed by atoms with E-state index in [1.807, 2.05) is 17.8 Å². The molecule has 0 radical (unpaired) electrons. The number of nitrogens with one attached hydrogen (secondary N) is 2. The van der Waals surface area contributed by atoms with Gasteiger partial charge in [0, 0.05) is 18.8 Å². The van der Waals surface area contributed by atoms with Crippen LogP contribution in [0.15, 0.2) is 23.1 Å². The molecule has 6 heteroatoms. The zero-order valence-corrected chi connectivity index (χ0v) is 12.3. The van der Waals surface area contributed by atoms with E-state index in [1.165, 1.54) is 5.56 Å². The standard InChI is InChI=1S/C13H18N2O2S2/c16-19(17,15-8-10-4-6-18-9-10)12-2-1-11-3-5-14-13(11)7-12/h1-2,7,10,14-15H,3-6,8-9H2. The molecule has 1 fully saturated rings. The van der Waals surface area contributed by atoms with Crippen LogP contribution < -0.4 is 10.0 Å². The molecule has 2 aliphatic heterocycles. The van der Waals surface area contributed by atoms with Gasteiger partial charge in [0.05, 0.1) is 4.90 Å². The van der Waals surface area contributed by atoms with E-state index in [-0.39, 0.29) is 0 Å². The fourth-order valence-electron chi connectivity index (χ4n) is 2.49. The normalized spacial score (nSPS) is 22.2. The van der Waals surface area contributed by atoms with Gasteiger partial charge in [-0.15, -0.1) is 0 Å². The zero-order chi connectivity index (χ0) is 13.3. The van der Waals surface area contributed by atoms with E-state index in [9.17, 15) is 8.42 Å². The first kappa shape index (κ1) is 13.3. The predicted molar refractivity (Wildman–Crippen MR) is 79.3 cm³/mol. The maximum atomic E-state index is 12.2. The Hall–Kier alpha value is -0.720. The van der Waals surface area contributed by atoms with Gasteiger partial charge in [0.25, 0.3) is 0 Å². The molecule has 0 amide bonds. The van der Waals surface area contributed by atoms with E-state index in [4.69, 9.17) is 0 Å². The third kappa shape index (κ3) is 2.90. The van der Waals surface area contributed by atoms with Crippen molar-refractivity contribution in [1.29, 1.82) is 0 Å². The van der Waals surface area contributed by atoms with Crippen LogP contribution in [0.3, 0.4) is 0 Å². The summed E-state index contributed by atoms with van der Waals surface area (Å²) in [6, 6.07) is 5.36. The van der Waals surface area contributed by atoms with Gasteiger partial charge < -0.3 is 5.32 Å². The van der Waals surface area contributed by atoms with Crippen molar-refractivity contribution in [3.05, 3.63) is 23.8 Å². The second-order valence-corrected chi connectivity index (χ2v) is 7.99. The molecule has 0 aliphatic carbocycles. The zero-order valence-electron chi connectivity index (χ0n) is 10.7. The Morgan fingerprint density at radius 2 is 2.32 bits per heavy atom. The summed E-state index contributed by atoms with van der Waals surface area (Å²) < 4.78 is 27.2. The molecule has 104 valence electrons. The van der Waals surface area contributed by atoms with Crippen molar-refractivity contribution in [2.24, 2.45) is 5.92 Å². The van der Waals surface area contributed by atoms with Crippen molar-refractivity contribution in [3.8, 4) is 0 Å². The maximum absolute atomic E-state index is 12.2. The van der Waals surface area contributed by atoms with Gasteiger partial charge in [0.2, 0.25) is 10.0 Å². The first-order chi connectivity index (χ1) is 9.15. The third-order valence-corrected chi connectivity index (χ3v) is 6.34. The van der Waals surface area contributed by atoms with E-state index in [0.29, 0.717) is 17.4 Å². The summed E-state index contributed by atoms with van der Waals surface area (Å²) in [5.41, 5.74) is 2.16. The van der Waals surface area contributed by atoms with Crippen molar-refractivity contribution in [2.75, 3.05) is 29.9 Å². The average Bonchev–Trinajstić information content (AvgIpc) is 3.06. The lowest BCUT2D eigenvalue weighted by atomic mass is 10.1. The van der Waals surface area contributed by atoms with Gasteiger partial charge in [-0.3, -0.25) is 0 Å². The molecule has 2 heterocycles. The summed E-state index contributed by atoms with van der Waals surface area (Å²) in [5.74, 6) is 2.69. The molecule has 3 rings (SSSR count). The van der Waals surface area contributed by atoms with E-state index in [2.05, 4.69) is 10.0 Å². The van der Waals surface area contributed by atoms with Crippen LogP contribution in [0.1, 0.15) is 12.0 Å². The SMILES string of the molecule is O=S(=O)(NCC1CCSC1)c1ccc2c(c1)NCC2. The highest BCUT2D eigenvalue weighted by molar-refractivity contribution is 7.99. The molecule has 4 nitrogen and oxygen atoms in total. The quantitative estimate of drug-likeness (QED) is 0.888. The van der Waals surface area contributed by atoms with Crippen LogP contribution in [-0.4, -0.2) is 33.0 Å². The molecule has 0 saturated carbocycles. The average molecular weight is 298 g/mol. The molecule has 1 aromatic carbocycles. The number of thioether (sulfide) groups is 1. The maximum Gasteiger partial charge on any atom is 0.240 e. The van der Waals surface area contributed by atoms with Gasteiger partial charge in [0.1, 0.15) is 0 Å². The van der Waals surface area contributed by atoms with E-state index in [1.54, 1.807) is 12.1 Å². The smallest absolute Gasteiger partial charge is 0.240 e. The third-order valence-electron chi connectivity index (χ3n) is 3.69. The highest BCUT2D eigenvalue weighted by Crippen LogP contribution is 2.26. The molecule has 2 aliphatic rings. The molecule has 0 bridgehead atoms. The predicted octanol–water partition coefficient (Wildman–Crippen LogP) is 1.69. The summed E-state index contributed by atoms with van der Waals surface area (Å²) in [6.07, 6.45) is 2.08. The van der Waals surface area contributed by atoms with Gasteiger partial charge in [-0.1, -0.05) is 6.07 Å². The number of hydrogen-bond acceptors (Lipinski definition) is 4. The Balaban J connectivity index is 1.72. The Labute approximate surface area is 118 Å². The summed E-state index contributed by atoms with van der Waals surface area (Å²) in [5, 5.41) is 3.21. The minimum Gasteiger partial charge on any atom is -0.384 e. The number of fused-ring (bicyclic) bond motifs is 1. The van der Waals surface area contributed by atoms with Crippen molar-refractivity contribution in [1.82, 2.24) is 4.72 Å². The van der Waals surface area contributed by atoms with Crippen molar-refractivity contribution in [2.45, 2.75) is 17.7 Å². The number of anilines is 1. The summed E-state index contributed by atoms with van der Waals surface area (Å²) >= 11 is 1.90. The van der Waals surface area contributed by atoms with Crippen LogP contribution >= 0.6 is 11.8 Å².